The summed E-state index contributed by atoms with van der Waals surface area (Å²) in [6.07, 6.45) is 3.49. The van der Waals surface area contributed by atoms with E-state index in [9.17, 15) is 4.91 Å². The van der Waals surface area contributed by atoms with Crippen LogP contribution in [0.3, 0.4) is 0 Å². The Balaban J connectivity index is 2.60. The Hall–Kier alpha value is -1.90. The Bertz CT molecular complexity index is 472. The van der Waals surface area contributed by atoms with Gasteiger partial charge in [0.05, 0.1) is 5.76 Å². The predicted octanol–water partition coefficient (Wildman–Crippen LogP) is 3.63. The van der Waals surface area contributed by atoms with Crippen molar-refractivity contribution in [3.05, 3.63) is 64.5 Å². The summed E-state index contributed by atoms with van der Waals surface area (Å²) in [5.41, 5.74) is 2.36. The summed E-state index contributed by atoms with van der Waals surface area (Å²) in [7, 11) is 1.54. The molecule has 0 heterocycles. The van der Waals surface area contributed by atoms with Crippen molar-refractivity contribution in [1.82, 2.24) is 0 Å². The Morgan fingerprint density at radius 1 is 1.32 bits per heavy atom. The third kappa shape index (κ3) is 6.00. The van der Waals surface area contributed by atoms with Crippen molar-refractivity contribution in [1.29, 1.82) is 0 Å². The molecule has 0 bridgehead atoms. The van der Waals surface area contributed by atoms with Crippen LogP contribution >= 0.6 is 0 Å². The maximum absolute atomic E-state index is 10.9. The number of ether oxygens (including phenoxy) is 1. The van der Waals surface area contributed by atoms with Crippen LogP contribution in [0.5, 0.6) is 0 Å². The standard InChI is InChI=1S/C16H22NO2/c1-5-16(19-13(2)3)12-15-8-6-14(7-9-15)10-11-17(4)18/h5-9H,2,10-12H2,1,3-4H3/q+1/b16-5-. The number of hydrogen-bond acceptors (Lipinski definition) is 2. The number of allylic oxidation sites excluding steroid dienone is 3. The smallest absolute Gasteiger partial charge is 0.195 e. The number of likely N-dealkylation sites (N-methyl/N-ethyl adjacent to an activating group) is 1. The molecular formula is C16H22NO2+. The molecule has 0 fully saturated rings. The Morgan fingerprint density at radius 2 is 1.89 bits per heavy atom. The first-order valence-corrected chi connectivity index (χ1v) is 6.46. The molecule has 0 atom stereocenters. The molecule has 102 valence electrons. The molecule has 3 nitrogen and oxygen atoms in total. The highest BCUT2D eigenvalue weighted by atomic mass is 16.5. The van der Waals surface area contributed by atoms with E-state index in [1.165, 1.54) is 11.1 Å². The van der Waals surface area contributed by atoms with Crippen LogP contribution in [-0.2, 0) is 17.6 Å². The van der Waals surface area contributed by atoms with Gasteiger partial charge in [0.2, 0.25) is 0 Å². The van der Waals surface area contributed by atoms with Gasteiger partial charge in [-0.05, 0) is 35.8 Å². The van der Waals surface area contributed by atoms with Crippen LogP contribution < -0.4 is 0 Å². The van der Waals surface area contributed by atoms with Crippen LogP contribution in [0.1, 0.15) is 25.0 Å². The zero-order valence-corrected chi connectivity index (χ0v) is 12.0. The van der Waals surface area contributed by atoms with Crippen molar-refractivity contribution in [2.24, 2.45) is 0 Å². The van der Waals surface area contributed by atoms with E-state index in [4.69, 9.17) is 4.74 Å². The highest BCUT2D eigenvalue weighted by Crippen LogP contribution is 2.13. The molecule has 0 amide bonds. The van der Waals surface area contributed by atoms with E-state index >= 15 is 0 Å². The van der Waals surface area contributed by atoms with Crippen LogP contribution in [0.4, 0.5) is 0 Å². The average molecular weight is 260 g/mol. The van der Waals surface area contributed by atoms with E-state index in [0.29, 0.717) is 12.3 Å². The van der Waals surface area contributed by atoms with Crippen LogP contribution in [0.25, 0.3) is 0 Å². The predicted molar refractivity (Wildman–Crippen MR) is 77.9 cm³/mol. The third-order valence-electron chi connectivity index (χ3n) is 2.74. The van der Waals surface area contributed by atoms with Crippen LogP contribution in [0, 0.1) is 4.91 Å². The van der Waals surface area contributed by atoms with Crippen molar-refractivity contribution in [3.63, 3.8) is 0 Å². The summed E-state index contributed by atoms with van der Waals surface area (Å²) < 4.78 is 6.48. The lowest BCUT2D eigenvalue weighted by molar-refractivity contribution is -0.518. The molecule has 0 saturated carbocycles. The summed E-state index contributed by atoms with van der Waals surface area (Å²) in [6, 6.07) is 8.27. The third-order valence-corrected chi connectivity index (χ3v) is 2.74. The van der Waals surface area contributed by atoms with E-state index in [1.54, 1.807) is 7.05 Å². The summed E-state index contributed by atoms with van der Waals surface area (Å²) in [6.45, 7) is 8.06. The minimum Gasteiger partial charge on any atom is -0.467 e. The summed E-state index contributed by atoms with van der Waals surface area (Å²) in [4.78, 5) is 10.9. The van der Waals surface area contributed by atoms with Gasteiger partial charge in [0.1, 0.15) is 5.76 Å². The minimum atomic E-state index is 0.526. The van der Waals surface area contributed by atoms with E-state index in [-0.39, 0.29) is 0 Å². The zero-order valence-electron chi connectivity index (χ0n) is 12.0. The largest absolute Gasteiger partial charge is 0.467 e. The van der Waals surface area contributed by atoms with E-state index in [2.05, 4.69) is 30.8 Å². The number of hydrogen-bond donors (Lipinski definition) is 0. The number of nitrogens with zero attached hydrogens (tertiary/aromatic N) is 1. The fourth-order valence-corrected chi connectivity index (χ4v) is 1.73. The van der Waals surface area contributed by atoms with Crippen molar-refractivity contribution in [3.8, 4) is 0 Å². The topological polar surface area (TPSA) is 29.3 Å². The Labute approximate surface area is 115 Å². The van der Waals surface area contributed by atoms with Gasteiger partial charge in [-0.25, -0.2) is 0 Å². The average Bonchev–Trinajstić information content (AvgIpc) is 2.36. The van der Waals surface area contributed by atoms with Gasteiger partial charge in [-0.3, -0.25) is 0 Å². The van der Waals surface area contributed by atoms with E-state index < -0.39 is 0 Å². The monoisotopic (exact) mass is 260 g/mol. The fraction of sp³-hybridized carbons (Fsp3) is 0.375. The molecule has 0 aliphatic heterocycles. The lowest BCUT2D eigenvalue weighted by atomic mass is 10.1. The quantitative estimate of drug-likeness (QED) is 0.553. The number of rotatable bonds is 7. The van der Waals surface area contributed by atoms with Gasteiger partial charge in [0.25, 0.3) is 0 Å². The molecular weight excluding hydrogens is 238 g/mol. The second-order valence-electron chi connectivity index (χ2n) is 4.65. The first-order valence-electron chi connectivity index (χ1n) is 6.46. The lowest BCUT2D eigenvalue weighted by Gasteiger charge is -2.09. The van der Waals surface area contributed by atoms with Crippen LogP contribution in [-0.4, -0.2) is 18.4 Å². The van der Waals surface area contributed by atoms with Gasteiger partial charge in [-0.2, -0.15) is 0 Å². The minimum absolute atomic E-state index is 0.526. The highest BCUT2D eigenvalue weighted by molar-refractivity contribution is 5.25. The van der Waals surface area contributed by atoms with Crippen LogP contribution in [0.15, 0.2) is 48.4 Å². The molecule has 0 saturated heterocycles. The number of benzene rings is 1. The molecule has 1 aromatic carbocycles. The molecule has 0 unspecified atom stereocenters. The lowest BCUT2D eigenvalue weighted by Crippen LogP contribution is -2.05. The normalized spacial score (nSPS) is 11.2. The fourth-order valence-electron chi connectivity index (χ4n) is 1.73. The van der Waals surface area contributed by atoms with Crippen molar-refractivity contribution >= 4 is 0 Å². The number of nitroso groups, excluding NO2 is 1. The first-order chi connectivity index (χ1) is 9.01. The van der Waals surface area contributed by atoms with Gasteiger partial charge < -0.3 is 4.74 Å². The SMILES string of the molecule is C=C(C)O/C(=C\C)Cc1ccc(CC[N+](C)=O)cc1. The van der Waals surface area contributed by atoms with Gasteiger partial charge in [0, 0.05) is 17.7 Å². The van der Waals surface area contributed by atoms with Gasteiger partial charge in [-0.1, -0.05) is 30.8 Å². The molecule has 1 rings (SSSR count). The zero-order chi connectivity index (χ0) is 14.3. The summed E-state index contributed by atoms with van der Waals surface area (Å²) in [5, 5.41) is 0. The van der Waals surface area contributed by atoms with Crippen molar-refractivity contribution in [2.45, 2.75) is 26.7 Å². The Morgan fingerprint density at radius 3 is 2.37 bits per heavy atom. The molecule has 1 aromatic rings. The second-order valence-corrected chi connectivity index (χ2v) is 4.65. The van der Waals surface area contributed by atoms with Gasteiger partial charge in [0.15, 0.2) is 13.6 Å². The summed E-state index contributed by atoms with van der Waals surface area (Å²) in [5.74, 6) is 1.60. The molecule has 0 aliphatic carbocycles. The maximum atomic E-state index is 10.9. The van der Waals surface area contributed by atoms with Crippen molar-refractivity contribution in [2.75, 3.05) is 13.6 Å². The van der Waals surface area contributed by atoms with Gasteiger partial charge in [-0.15, -0.1) is 0 Å². The van der Waals surface area contributed by atoms with E-state index in [0.717, 1.165) is 23.4 Å². The molecule has 0 aromatic heterocycles. The molecule has 19 heavy (non-hydrogen) atoms. The maximum Gasteiger partial charge on any atom is 0.195 e. The molecule has 0 radical (unpaired) electrons. The first kappa shape index (κ1) is 15.2. The highest BCUT2D eigenvalue weighted by Gasteiger charge is 2.03. The van der Waals surface area contributed by atoms with E-state index in [1.807, 2.05) is 19.9 Å². The molecule has 0 spiro atoms. The van der Waals surface area contributed by atoms with Crippen molar-refractivity contribution < 1.29 is 9.50 Å². The summed E-state index contributed by atoms with van der Waals surface area (Å²) >= 11 is 0. The second kappa shape index (κ2) is 7.52. The molecule has 0 aliphatic rings. The molecule has 0 N–H and O–H groups in total. The van der Waals surface area contributed by atoms with Crippen LogP contribution in [0.2, 0.25) is 0 Å². The Kier molecular flexibility index (Phi) is 6.00. The molecule has 3 heteroatoms. The van der Waals surface area contributed by atoms with Gasteiger partial charge >= 0.3 is 0 Å².